The summed E-state index contributed by atoms with van der Waals surface area (Å²) in [6.45, 7) is 1.34. The summed E-state index contributed by atoms with van der Waals surface area (Å²) in [4.78, 5) is 2.08. The van der Waals surface area contributed by atoms with E-state index in [2.05, 4.69) is 16.3 Å². The second-order valence-corrected chi connectivity index (χ2v) is 4.92. The Morgan fingerprint density at radius 3 is 2.25 bits per heavy atom. The zero-order chi connectivity index (χ0) is 14.5. The van der Waals surface area contributed by atoms with E-state index in [1.165, 1.54) is 17.7 Å². The van der Waals surface area contributed by atoms with E-state index in [9.17, 15) is 8.78 Å². The molecule has 2 nitrogen and oxygen atoms in total. The van der Waals surface area contributed by atoms with Crippen molar-refractivity contribution in [3.8, 4) is 0 Å². The second-order valence-electron chi connectivity index (χ2n) is 4.92. The maximum atomic E-state index is 13.1. The fraction of sp³-hybridized carbons (Fsp3) is 0.250. The van der Waals surface area contributed by atoms with Crippen molar-refractivity contribution in [2.24, 2.45) is 0 Å². The van der Waals surface area contributed by atoms with Gasteiger partial charge >= 0.3 is 0 Å². The van der Waals surface area contributed by atoms with Crippen molar-refractivity contribution in [3.63, 3.8) is 0 Å². The summed E-state index contributed by atoms with van der Waals surface area (Å²) in [5, 5.41) is 3.04. The second kappa shape index (κ2) is 6.48. The van der Waals surface area contributed by atoms with Crippen molar-refractivity contribution in [1.82, 2.24) is 4.90 Å². The summed E-state index contributed by atoms with van der Waals surface area (Å²) < 4.78 is 26.1. The Hall–Kier alpha value is -1.94. The van der Waals surface area contributed by atoms with Crippen molar-refractivity contribution >= 4 is 5.69 Å². The van der Waals surface area contributed by atoms with Gasteiger partial charge in [-0.15, -0.1) is 0 Å². The minimum absolute atomic E-state index is 0.415. The van der Waals surface area contributed by atoms with E-state index in [4.69, 9.17) is 0 Å². The molecule has 105 valence electrons. The van der Waals surface area contributed by atoms with Crippen LogP contribution in [0.15, 0.2) is 36.4 Å². The van der Waals surface area contributed by atoms with Crippen molar-refractivity contribution in [2.45, 2.75) is 13.1 Å². The molecule has 0 atom stereocenters. The average Bonchev–Trinajstić information content (AvgIpc) is 2.36. The van der Waals surface area contributed by atoms with Crippen LogP contribution in [-0.4, -0.2) is 19.0 Å². The number of hydrogen-bond acceptors (Lipinski definition) is 2. The largest absolute Gasteiger partial charge is 0.381 e. The standard InChI is InChI=1S/C16H17F2N2/c1-20(2)11-13-6-4-3-5-12(13)10-19-16-8-14(17)7-15(18)9-16/h3-6,8-9,19H,10-11H2,1-2H3. The van der Waals surface area contributed by atoms with Crippen LogP contribution in [0.1, 0.15) is 11.1 Å². The molecule has 0 aliphatic carbocycles. The molecule has 4 heteroatoms. The summed E-state index contributed by atoms with van der Waals surface area (Å²) in [7, 11) is 4.00. The van der Waals surface area contributed by atoms with Crippen LogP contribution in [0.25, 0.3) is 0 Å². The number of nitrogens with one attached hydrogen (secondary N) is 1. The third-order valence-electron chi connectivity index (χ3n) is 2.89. The quantitative estimate of drug-likeness (QED) is 0.899. The van der Waals surface area contributed by atoms with Gasteiger partial charge in [0, 0.05) is 18.8 Å². The van der Waals surface area contributed by atoms with Gasteiger partial charge in [-0.3, -0.25) is 0 Å². The smallest absolute Gasteiger partial charge is 0.136 e. The molecule has 0 heterocycles. The average molecular weight is 275 g/mol. The van der Waals surface area contributed by atoms with Crippen LogP contribution in [0, 0.1) is 17.7 Å². The van der Waals surface area contributed by atoms with Crippen LogP contribution >= 0.6 is 0 Å². The van der Waals surface area contributed by atoms with E-state index in [0.29, 0.717) is 12.2 Å². The molecule has 0 saturated heterocycles. The Morgan fingerprint density at radius 1 is 1.05 bits per heavy atom. The fourth-order valence-electron chi connectivity index (χ4n) is 2.03. The van der Waals surface area contributed by atoms with E-state index >= 15 is 0 Å². The Kier molecular flexibility index (Phi) is 4.69. The highest BCUT2D eigenvalue weighted by molar-refractivity contribution is 5.44. The van der Waals surface area contributed by atoms with Crippen LogP contribution in [0.5, 0.6) is 0 Å². The predicted molar refractivity (Wildman–Crippen MR) is 76.4 cm³/mol. The monoisotopic (exact) mass is 275 g/mol. The van der Waals surface area contributed by atoms with Crippen molar-refractivity contribution < 1.29 is 8.78 Å². The van der Waals surface area contributed by atoms with Crippen LogP contribution in [0.2, 0.25) is 0 Å². The fourth-order valence-corrected chi connectivity index (χ4v) is 2.03. The number of nitrogens with zero attached hydrogens (tertiary/aromatic N) is 1. The summed E-state index contributed by atoms with van der Waals surface area (Å²) >= 11 is 0. The molecule has 0 unspecified atom stereocenters. The molecule has 1 N–H and O–H groups in total. The molecule has 2 aromatic rings. The van der Waals surface area contributed by atoms with E-state index < -0.39 is 11.6 Å². The molecule has 0 aliphatic heterocycles. The lowest BCUT2D eigenvalue weighted by Gasteiger charge is -2.15. The lowest BCUT2D eigenvalue weighted by atomic mass is 10.1. The highest BCUT2D eigenvalue weighted by atomic mass is 19.1. The van der Waals surface area contributed by atoms with Crippen molar-refractivity contribution in [2.75, 3.05) is 19.4 Å². The SMILES string of the molecule is CN(C)Cc1ccccc1CNc1cc(F)[c]c(F)c1. The zero-order valence-electron chi connectivity index (χ0n) is 11.6. The summed E-state index contributed by atoms with van der Waals surface area (Å²) in [6, 6.07) is 12.4. The lowest BCUT2D eigenvalue weighted by Crippen LogP contribution is -2.13. The first-order chi connectivity index (χ1) is 9.54. The molecule has 0 amide bonds. The highest BCUT2D eigenvalue weighted by Gasteiger charge is 2.05. The molecule has 0 bridgehead atoms. The molecule has 0 saturated carbocycles. The minimum atomic E-state index is -0.700. The van der Waals surface area contributed by atoms with Crippen LogP contribution in [-0.2, 0) is 13.1 Å². The molecule has 2 aromatic carbocycles. The normalized spacial score (nSPS) is 10.8. The van der Waals surface area contributed by atoms with Gasteiger partial charge in [-0.25, -0.2) is 8.78 Å². The molecular weight excluding hydrogens is 258 g/mol. The number of anilines is 1. The molecule has 1 radical (unpaired) electrons. The Balaban J connectivity index is 2.10. The molecule has 20 heavy (non-hydrogen) atoms. The number of rotatable bonds is 5. The van der Waals surface area contributed by atoms with Crippen LogP contribution < -0.4 is 5.32 Å². The van der Waals surface area contributed by atoms with Gasteiger partial charge in [0.05, 0.1) is 6.07 Å². The first-order valence-corrected chi connectivity index (χ1v) is 6.38. The van der Waals surface area contributed by atoms with E-state index in [1.54, 1.807) is 0 Å². The third-order valence-corrected chi connectivity index (χ3v) is 2.89. The molecule has 2 rings (SSSR count). The Labute approximate surface area is 118 Å². The van der Waals surface area contributed by atoms with E-state index in [0.717, 1.165) is 12.1 Å². The van der Waals surface area contributed by atoms with Gasteiger partial charge in [0.25, 0.3) is 0 Å². The van der Waals surface area contributed by atoms with Gasteiger partial charge in [0.2, 0.25) is 0 Å². The maximum Gasteiger partial charge on any atom is 0.136 e. The highest BCUT2D eigenvalue weighted by Crippen LogP contribution is 2.16. The van der Waals surface area contributed by atoms with Crippen LogP contribution in [0.4, 0.5) is 14.5 Å². The summed E-state index contributed by atoms with van der Waals surface area (Å²) in [6.07, 6.45) is 0. The predicted octanol–water partition coefficient (Wildman–Crippen LogP) is 3.44. The zero-order valence-corrected chi connectivity index (χ0v) is 11.6. The summed E-state index contributed by atoms with van der Waals surface area (Å²) in [5.74, 6) is -1.40. The van der Waals surface area contributed by atoms with Gasteiger partial charge in [-0.2, -0.15) is 0 Å². The van der Waals surface area contributed by atoms with Gasteiger partial charge in [-0.1, -0.05) is 24.3 Å². The van der Waals surface area contributed by atoms with Gasteiger partial charge in [0.15, 0.2) is 0 Å². The topological polar surface area (TPSA) is 15.3 Å². The Bertz CT molecular complexity index is 562. The third kappa shape index (κ3) is 4.03. The maximum absolute atomic E-state index is 13.1. The number of benzene rings is 2. The molecule has 0 aliphatic rings. The van der Waals surface area contributed by atoms with Crippen molar-refractivity contribution in [1.29, 1.82) is 0 Å². The van der Waals surface area contributed by atoms with Gasteiger partial charge < -0.3 is 10.2 Å². The molecule has 0 spiro atoms. The first kappa shape index (κ1) is 14.5. The minimum Gasteiger partial charge on any atom is -0.381 e. The van der Waals surface area contributed by atoms with Gasteiger partial charge in [-0.05, 0) is 37.4 Å². The first-order valence-electron chi connectivity index (χ1n) is 6.38. The van der Waals surface area contributed by atoms with E-state index in [-0.39, 0.29) is 0 Å². The number of halogens is 2. The summed E-state index contributed by atoms with van der Waals surface area (Å²) in [5.41, 5.74) is 2.71. The molecule has 0 aromatic heterocycles. The van der Waals surface area contributed by atoms with Gasteiger partial charge in [0.1, 0.15) is 11.6 Å². The molecular formula is C16H17F2N2. The lowest BCUT2D eigenvalue weighted by molar-refractivity contribution is 0.401. The number of hydrogen-bond donors (Lipinski definition) is 1. The molecule has 0 fully saturated rings. The van der Waals surface area contributed by atoms with Crippen LogP contribution in [0.3, 0.4) is 0 Å². The van der Waals surface area contributed by atoms with Crippen molar-refractivity contribution in [3.05, 3.63) is 65.2 Å². The Morgan fingerprint density at radius 2 is 1.65 bits per heavy atom. The van der Waals surface area contributed by atoms with E-state index in [1.807, 2.05) is 38.4 Å².